The number of amides is 1. The van der Waals surface area contributed by atoms with Crippen molar-refractivity contribution < 1.29 is 14.3 Å². The minimum Gasteiger partial charge on any atom is -0.464 e. The molecule has 7 heteroatoms. The van der Waals surface area contributed by atoms with Gasteiger partial charge in [0.2, 0.25) is 5.91 Å². The summed E-state index contributed by atoms with van der Waals surface area (Å²) in [5, 5.41) is 8.35. The lowest BCUT2D eigenvalue weighted by Gasteiger charge is -2.27. The van der Waals surface area contributed by atoms with E-state index >= 15 is 0 Å². The molecule has 1 N–H and O–H groups in total. The second-order valence-corrected chi connectivity index (χ2v) is 6.65. The molecule has 1 saturated carbocycles. The molecule has 3 rings (SSSR count). The molecular formula is C19H23N3O4. The van der Waals surface area contributed by atoms with Gasteiger partial charge in [0.1, 0.15) is 12.1 Å². The molecule has 1 heterocycles. The van der Waals surface area contributed by atoms with E-state index < -0.39 is 17.4 Å². The van der Waals surface area contributed by atoms with Crippen molar-refractivity contribution in [2.45, 2.75) is 51.6 Å². The van der Waals surface area contributed by atoms with Crippen LogP contribution in [-0.4, -0.2) is 33.8 Å². The molecule has 0 unspecified atom stereocenters. The van der Waals surface area contributed by atoms with Gasteiger partial charge in [-0.05, 0) is 32.8 Å². The van der Waals surface area contributed by atoms with E-state index in [0.717, 1.165) is 22.9 Å². The van der Waals surface area contributed by atoms with Crippen LogP contribution in [0.25, 0.3) is 10.8 Å². The number of benzene rings is 1. The Morgan fingerprint density at radius 1 is 1.23 bits per heavy atom. The van der Waals surface area contributed by atoms with E-state index in [9.17, 15) is 14.4 Å². The first kappa shape index (κ1) is 18.1. The van der Waals surface area contributed by atoms with Crippen LogP contribution in [0.5, 0.6) is 0 Å². The summed E-state index contributed by atoms with van der Waals surface area (Å²) in [5.41, 5.74) is -0.630. The maximum atomic E-state index is 12.6. The number of rotatable bonds is 5. The Hall–Kier alpha value is -2.70. The summed E-state index contributed by atoms with van der Waals surface area (Å²) >= 11 is 0. The summed E-state index contributed by atoms with van der Waals surface area (Å²) in [4.78, 5) is 37.5. The highest BCUT2D eigenvalue weighted by Gasteiger charge is 2.43. The highest BCUT2D eigenvalue weighted by atomic mass is 16.5. The summed E-state index contributed by atoms with van der Waals surface area (Å²) in [6.07, 6.45) is 2.81. The third-order valence-electron chi connectivity index (χ3n) is 4.85. The van der Waals surface area contributed by atoms with Crippen LogP contribution < -0.4 is 10.9 Å². The van der Waals surface area contributed by atoms with Crippen LogP contribution in [-0.2, 0) is 20.9 Å². The number of carbonyl (C=O) groups excluding carboxylic acids is 2. The Kier molecular flexibility index (Phi) is 5.06. The zero-order valence-corrected chi connectivity index (χ0v) is 15.1. The first-order valence-corrected chi connectivity index (χ1v) is 8.91. The van der Waals surface area contributed by atoms with Crippen molar-refractivity contribution in [2.75, 3.05) is 6.61 Å². The summed E-state index contributed by atoms with van der Waals surface area (Å²) in [6, 6.07) is 7.17. The maximum Gasteiger partial charge on any atom is 0.331 e. The van der Waals surface area contributed by atoms with Crippen LogP contribution in [0.4, 0.5) is 0 Å². The van der Waals surface area contributed by atoms with Gasteiger partial charge in [0, 0.05) is 5.39 Å². The van der Waals surface area contributed by atoms with Gasteiger partial charge in [-0.25, -0.2) is 9.48 Å². The molecule has 0 bridgehead atoms. The lowest BCUT2D eigenvalue weighted by molar-refractivity contribution is -0.153. The molecule has 0 atom stereocenters. The second kappa shape index (κ2) is 7.27. The predicted molar refractivity (Wildman–Crippen MR) is 96.7 cm³/mol. The van der Waals surface area contributed by atoms with Gasteiger partial charge in [-0.1, -0.05) is 31.0 Å². The Morgan fingerprint density at radius 2 is 1.88 bits per heavy atom. The number of nitrogens with one attached hydrogen (secondary N) is 1. The van der Waals surface area contributed by atoms with Gasteiger partial charge >= 0.3 is 5.97 Å². The van der Waals surface area contributed by atoms with E-state index in [-0.39, 0.29) is 18.7 Å². The Balaban J connectivity index is 1.84. The third kappa shape index (κ3) is 3.34. The van der Waals surface area contributed by atoms with Gasteiger partial charge in [-0.2, -0.15) is 5.10 Å². The Morgan fingerprint density at radius 3 is 2.54 bits per heavy atom. The number of nitrogens with zero attached hydrogens (tertiary/aromatic N) is 2. The number of fused-ring (bicyclic) bond motifs is 1. The molecule has 0 aliphatic heterocycles. The van der Waals surface area contributed by atoms with Crippen LogP contribution >= 0.6 is 0 Å². The number of hydrogen-bond donors (Lipinski definition) is 1. The molecule has 1 fully saturated rings. The highest BCUT2D eigenvalue weighted by molar-refractivity contribution is 5.88. The molecule has 1 aromatic heterocycles. The fraction of sp³-hybridized carbons (Fsp3) is 0.474. The van der Waals surface area contributed by atoms with Gasteiger partial charge in [-0.15, -0.1) is 0 Å². The van der Waals surface area contributed by atoms with Crippen molar-refractivity contribution in [2.24, 2.45) is 0 Å². The van der Waals surface area contributed by atoms with Crippen molar-refractivity contribution in [3.8, 4) is 0 Å². The van der Waals surface area contributed by atoms with Gasteiger partial charge in [0.25, 0.3) is 5.56 Å². The topological polar surface area (TPSA) is 90.3 Å². The van der Waals surface area contributed by atoms with Crippen molar-refractivity contribution in [3.63, 3.8) is 0 Å². The zero-order valence-electron chi connectivity index (χ0n) is 15.1. The number of aryl methyl sites for hydroxylation is 1. The number of hydrogen-bond acceptors (Lipinski definition) is 5. The van der Waals surface area contributed by atoms with Gasteiger partial charge in [0.05, 0.1) is 17.7 Å². The Labute approximate surface area is 151 Å². The smallest absolute Gasteiger partial charge is 0.331 e. The van der Waals surface area contributed by atoms with Gasteiger partial charge in [0.15, 0.2) is 0 Å². The molecule has 0 saturated heterocycles. The van der Waals surface area contributed by atoms with Crippen LogP contribution in [0.3, 0.4) is 0 Å². The van der Waals surface area contributed by atoms with Crippen molar-refractivity contribution >= 4 is 22.6 Å². The number of aromatic nitrogens is 2. The minimum atomic E-state index is -0.984. The molecule has 7 nitrogen and oxygen atoms in total. The molecule has 2 aromatic rings. The fourth-order valence-corrected chi connectivity index (χ4v) is 3.58. The molecule has 26 heavy (non-hydrogen) atoms. The molecule has 1 aliphatic carbocycles. The quantitative estimate of drug-likeness (QED) is 0.823. The van der Waals surface area contributed by atoms with E-state index in [1.807, 2.05) is 12.1 Å². The van der Waals surface area contributed by atoms with Crippen molar-refractivity contribution in [1.82, 2.24) is 15.1 Å². The molecule has 1 amide bonds. The van der Waals surface area contributed by atoms with Gasteiger partial charge < -0.3 is 10.1 Å². The second-order valence-electron chi connectivity index (χ2n) is 6.65. The van der Waals surface area contributed by atoms with Crippen molar-refractivity contribution in [3.05, 3.63) is 40.3 Å². The molecule has 0 radical (unpaired) electrons. The first-order valence-electron chi connectivity index (χ1n) is 8.91. The molecule has 0 spiro atoms. The molecular weight excluding hydrogens is 334 g/mol. The molecule has 138 valence electrons. The van der Waals surface area contributed by atoms with E-state index in [4.69, 9.17) is 4.74 Å². The van der Waals surface area contributed by atoms with E-state index in [1.165, 1.54) is 0 Å². The SMILES string of the molecule is CCOC(=O)C1(NC(=O)Cn2nc(C)c3ccccc3c2=O)CCCC1. The van der Waals surface area contributed by atoms with Gasteiger partial charge in [-0.3, -0.25) is 9.59 Å². The van der Waals surface area contributed by atoms with Crippen molar-refractivity contribution in [1.29, 1.82) is 0 Å². The number of carbonyl (C=O) groups is 2. The lowest BCUT2D eigenvalue weighted by atomic mass is 9.97. The van der Waals surface area contributed by atoms with Crippen LogP contribution in [0.2, 0.25) is 0 Å². The minimum absolute atomic E-state index is 0.230. The first-order chi connectivity index (χ1) is 12.5. The van der Waals surface area contributed by atoms with Crippen LogP contribution in [0.1, 0.15) is 38.3 Å². The molecule has 1 aliphatic rings. The average Bonchev–Trinajstić information content (AvgIpc) is 3.09. The number of esters is 1. The van der Waals surface area contributed by atoms with E-state index in [2.05, 4.69) is 10.4 Å². The Bertz CT molecular complexity index is 897. The summed E-state index contributed by atoms with van der Waals surface area (Å²) in [5.74, 6) is -0.815. The fourth-order valence-electron chi connectivity index (χ4n) is 3.58. The monoisotopic (exact) mass is 357 g/mol. The lowest BCUT2D eigenvalue weighted by Crippen LogP contribution is -2.54. The third-order valence-corrected chi connectivity index (χ3v) is 4.85. The molecule has 1 aromatic carbocycles. The summed E-state index contributed by atoms with van der Waals surface area (Å²) in [6.45, 7) is 3.57. The van der Waals surface area contributed by atoms with Crippen LogP contribution in [0.15, 0.2) is 29.1 Å². The predicted octanol–water partition coefficient (Wildman–Crippen LogP) is 1.70. The summed E-state index contributed by atoms with van der Waals surface area (Å²) < 4.78 is 6.30. The normalized spacial score (nSPS) is 15.8. The van der Waals surface area contributed by atoms with Crippen LogP contribution in [0, 0.1) is 6.92 Å². The maximum absolute atomic E-state index is 12.6. The van der Waals surface area contributed by atoms with E-state index in [0.29, 0.717) is 23.9 Å². The largest absolute Gasteiger partial charge is 0.464 e. The number of ether oxygens (including phenoxy) is 1. The highest BCUT2D eigenvalue weighted by Crippen LogP contribution is 2.31. The summed E-state index contributed by atoms with van der Waals surface area (Å²) in [7, 11) is 0. The standard InChI is InChI=1S/C19H23N3O4/c1-3-26-18(25)19(10-6-7-11-19)20-16(23)12-22-17(24)15-9-5-4-8-14(15)13(2)21-22/h4-5,8-9H,3,6-7,10-12H2,1-2H3,(H,20,23). The average molecular weight is 357 g/mol. The van der Waals surface area contributed by atoms with E-state index in [1.54, 1.807) is 26.0 Å². The zero-order chi connectivity index (χ0) is 18.7.